The van der Waals surface area contributed by atoms with Crippen LogP contribution in [0.2, 0.25) is 0 Å². The predicted molar refractivity (Wildman–Crippen MR) is 101 cm³/mol. The van der Waals surface area contributed by atoms with Crippen LogP contribution >= 0.6 is 0 Å². The number of anilines is 2. The van der Waals surface area contributed by atoms with Crippen molar-refractivity contribution < 1.29 is 4.79 Å². The van der Waals surface area contributed by atoms with Crippen LogP contribution in [0, 0.1) is 0 Å². The number of nitrogens with zero attached hydrogens (tertiary/aromatic N) is 2. The maximum absolute atomic E-state index is 12.4. The Morgan fingerprint density at radius 2 is 1.64 bits per heavy atom. The number of carbonyl (C=O) groups excluding carboxylic acids is 1. The van der Waals surface area contributed by atoms with Crippen molar-refractivity contribution >= 4 is 17.3 Å². The molecule has 3 rings (SSSR count). The van der Waals surface area contributed by atoms with Crippen LogP contribution in [0.15, 0.2) is 79.0 Å². The Bertz CT molecular complexity index is 819. The Morgan fingerprint density at radius 1 is 0.960 bits per heavy atom. The van der Waals surface area contributed by atoms with E-state index < -0.39 is 0 Å². The third-order valence-electron chi connectivity index (χ3n) is 3.97. The molecule has 3 aromatic rings. The molecule has 1 heterocycles. The summed E-state index contributed by atoms with van der Waals surface area (Å²) in [6, 6.07) is 23.7. The quantitative estimate of drug-likeness (QED) is 0.737. The van der Waals surface area contributed by atoms with Crippen LogP contribution in [0.4, 0.5) is 11.4 Å². The molecule has 4 nitrogen and oxygen atoms in total. The fourth-order valence-corrected chi connectivity index (χ4v) is 2.70. The van der Waals surface area contributed by atoms with Gasteiger partial charge in [0.1, 0.15) is 5.69 Å². The molecule has 0 radical (unpaired) electrons. The molecule has 0 bridgehead atoms. The van der Waals surface area contributed by atoms with E-state index in [-0.39, 0.29) is 5.91 Å². The largest absolute Gasteiger partial charge is 0.347 e. The van der Waals surface area contributed by atoms with E-state index in [2.05, 4.69) is 34.3 Å². The minimum Gasteiger partial charge on any atom is -0.347 e. The molecule has 126 valence electrons. The van der Waals surface area contributed by atoms with Gasteiger partial charge >= 0.3 is 0 Å². The summed E-state index contributed by atoms with van der Waals surface area (Å²) in [6.07, 6.45) is 1.68. The lowest BCUT2D eigenvalue weighted by Crippen LogP contribution is -2.24. The first-order valence-electron chi connectivity index (χ1n) is 8.38. The van der Waals surface area contributed by atoms with E-state index in [1.54, 1.807) is 6.20 Å². The highest BCUT2D eigenvalue weighted by atomic mass is 16.1. The van der Waals surface area contributed by atoms with Crippen LogP contribution in [-0.2, 0) is 6.54 Å². The summed E-state index contributed by atoms with van der Waals surface area (Å²) >= 11 is 0. The predicted octanol–water partition coefficient (Wildman–Crippen LogP) is 4.17. The van der Waals surface area contributed by atoms with Gasteiger partial charge in [-0.1, -0.05) is 48.5 Å². The van der Waals surface area contributed by atoms with Crippen LogP contribution in [0.3, 0.4) is 0 Å². The maximum Gasteiger partial charge on any atom is 0.270 e. The normalized spacial score (nSPS) is 10.3. The fraction of sp³-hybridized carbons (Fsp3) is 0.143. The molecule has 0 fully saturated rings. The van der Waals surface area contributed by atoms with Crippen molar-refractivity contribution in [3.63, 3.8) is 0 Å². The molecule has 0 saturated carbocycles. The van der Waals surface area contributed by atoms with E-state index in [0.717, 1.165) is 23.5 Å². The van der Waals surface area contributed by atoms with Gasteiger partial charge in [-0.3, -0.25) is 9.78 Å². The molecule has 1 N–H and O–H groups in total. The van der Waals surface area contributed by atoms with Crippen molar-refractivity contribution in [1.29, 1.82) is 0 Å². The first-order valence-corrected chi connectivity index (χ1v) is 8.38. The Kier molecular flexibility index (Phi) is 5.42. The zero-order valence-electron chi connectivity index (χ0n) is 14.2. The fourth-order valence-electron chi connectivity index (χ4n) is 2.70. The zero-order chi connectivity index (χ0) is 17.5. The number of nitrogens with one attached hydrogen (secondary N) is 1. The van der Waals surface area contributed by atoms with Crippen LogP contribution in [0.25, 0.3) is 0 Å². The number of amides is 1. The molecule has 1 aromatic heterocycles. The summed E-state index contributed by atoms with van der Waals surface area (Å²) in [7, 11) is 0. The highest BCUT2D eigenvalue weighted by Gasteiger charge is 2.12. The number of benzene rings is 2. The second kappa shape index (κ2) is 8.11. The molecule has 2 aromatic carbocycles. The second-order valence-electron chi connectivity index (χ2n) is 5.65. The van der Waals surface area contributed by atoms with E-state index in [4.69, 9.17) is 0 Å². The first-order chi connectivity index (χ1) is 12.3. The van der Waals surface area contributed by atoms with Crippen molar-refractivity contribution in [2.75, 3.05) is 11.4 Å². The lowest BCUT2D eigenvalue weighted by atomic mass is 10.2. The number of rotatable bonds is 6. The monoisotopic (exact) mass is 331 g/mol. The van der Waals surface area contributed by atoms with E-state index in [1.165, 1.54) is 0 Å². The Morgan fingerprint density at radius 3 is 2.32 bits per heavy atom. The van der Waals surface area contributed by atoms with Crippen LogP contribution in [0.1, 0.15) is 23.0 Å². The van der Waals surface area contributed by atoms with E-state index in [0.29, 0.717) is 12.2 Å². The van der Waals surface area contributed by atoms with Gasteiger partial charge in [0, 0.05) is 30.7 Å². The van der Waals surface area contributed by atoms with Gasteiger partial charge in [-0.15, -0.1) is 0 Å². The third kappa shape index (κ3) is 4.23. The summed E-state index contributed by atoms with van der Waals surface area (Å²) < 4.78 is 0. The van der Waals surface area contributed by atoms with E-state index >= 15 is 0 Å². The molecule has 0 unspecified atom stereocenters. The summed E-state index contributed by atoms with van der Waals surface area (Å²) in [5.74, 6) is -0.171. The van der Waals surface area contributed by atoms with Gasteiger partial charge in [-0.05, 0) is 36.8 Å². The number of carbonyl (C=O) groups is 1. The summed E-state index contributed by atoms with van der Waals surface area (Å²) in [4.78, 5) is 18.8. The van der Waals surface area contributed by atoms with Gasteiger partial charge in [0.2, 0.25) is 0 Å². The van der Waals surface area contributed by atoms with Crippen molar-refractivity contribution in [3.05, 3.63) is 90.3 Å². The third-order valence-corrected chi connectivity index (χ3v) is 3.97. The van der Waals surface area contributed by atoms with Crippen molar-refractivity contribution in [2.24, 2.45) is 0 Å². The van der Waals surface area contributed by atoms with Gasteiger partial charge in [0.15, 0.2) is 0 Å². The highest BCUT2D eigenvalue weighted by Crippen LogP contribution is 2.24. The minimum absolute atomic E-state index is 0.171. The molecule has 0 saturated heterocycles. The first kappa shape index (κ1) is 16.7. The summed E-state index contributed by atoms with van der Waals surface area (Å²) in [5, 5.41) is 2.92. The maximum atomic E-state index is 12.4. The number of para-hydroxylation sites is 1. The van der Waals surface area contributed by atoms with Gasteiger partial charge in [-0.2, -0.15) is 0 Å². The van der Waals surface area contributed by atoms with Crippen molar-refractivity contribution in [1.82, 2.24) is 10.3 Å². The Hall–Kier alpha value is -3.14. The van der Waals surface area contributed by atoms with Crippen molar-refractivity contribution in [2.45, 2.75) is 13.5 Å². The van der Waals surface area contributed by atoms with Gasteiger partial charge < -0.3 is 10.2 Å². The molecular formula is C21H21N3O. The molecule has 0 spiro atoms. The molecule has 0 aliphatic carbocycles. The van der Waals surface area contributed by atoms with Gasteiger partial charge in [0.05, 0.1) is 0 Å². The van der Waals surface area contributed by atoms with E-state index in [1.807, 2.05) is 60.7 Å². The summed E-state index contributed by atoms with van der Waals surface area (Å²) in [5.41, 5.74) is 3.52. The number of pyridine rings is 1. The number of aromatic nitrogens is 1. The average molecular weight is 331 g/mol. The molecule has 25 heavy (non-hydrogen) atoms. The Balaban J connectivity index is 1.75. The topological polar surface area (TPSA) is 45.2 Å². The smallest absolute Gasteiger partial charge is 0.270 e. The number of hydrogen-bond donors (Lipinski definition) is 1. The van der Waals surface area contributed by atoms with Crippen molar-refractivity contribution in [3.8, 4) is 0 Å². The molecular weight excluding hydrogens is 310 g/mol. The lowest BCUT2D eigenvalue weighted by molar-refractivity contribution is 0.0946. The molecule has 1 amide bonds. The van der Waals surface area contributed by atoms with Crippen LogP contribution in [0.5, 0.6) is 0 Å². The zero-order valence-corrected chi connectivity index (χ0v) is 14.2. The Labute approximate surface area is 148 Å². The van der Waals surface area contributed by atoms with E-state index in [9.17, 15) is 4.79 Å². The summed E-state index contributed by atoms with van der Waals surface area (Å²) in [6.45, 7) is 3.38. The standard InChI is InChI=1S/C21H21N3O/c1-2-24(18-11-7-4-8-12-18)19-13-14-22-20(15-19)21(25)23-16-17-9-5-3-6-10-17/h3-15H,2,16H2,1H3,(H,23,25). The van der Waals surface area contributed by atoms with Crippen LogP contribution in [-0.4, -0.2) is 17.4 Å². The SMILES string of the molecule is CCN(c1ccccc1)c1ccnc(C(=O)NCc2ccccc2)c1. The molecule has 0 atom stereocenters. The lowest BCUT2D eigenvalue weighted by Gasteiger charge is -2.23. The van der Waals surface area contributed by atoms with Gasteiger partial charge in [0.25, 0.3) is 5.91 Å². The average Bonchev–Trinajstić information content (AvgIpc) is 2.69. The molecule has 0 aliphatic heterocycles. The minimum atomic E-state index is -0.171. The van der Waals surface area contributed by atoms with Crippen LogP contribution < -0.4 is 10.2 Å². The second-order valence-corrected chi connectivity index (χ2v) is 5.65. The molecule has 4 heteroatoms. The highest BCUT2D eigenvalue weighted by molar-refractivity contribution is 5.93. The van der Waals surface area contributed by atoms with Gasteiger partial charge in [-0.25, -0.2) is 0 Å². The molecule has 0 aliphatic rings. The number of hydrogen-bond acceptors (Lipinski definition) is 3.